The number of carbonyl (C=O) groups excluding carboxylic acids is 1. The Labute approximate surface area is 156 Å². The lowest BCUT2D eigenvalue weighted by molar-refractivity contribution is -0.155. The molecule has 1 aromatic carbocycles. The van der Waals surface area contributed by atoms with E-state index in [9.17, 15) is 14.7 Å². The SMILES string of the molecule is CCCCCc1ccc(OC(=O)[C@@H]2CCC(CCC)C[C@H]2C(=O)O)cc1. The maximum atomic E-state index is 12.6. The number of aliphatic carboxylic acids is 1. The van der Waals surface area contributed by atoms with Crippen LogP contribution in [0.25, 0.3) is 0 Å². The summed E-state index contributed by atoms with van der Waals surface area (Å²) in [6.07, 6.45) is 8.79. The van der Waals surface area contributed by atoms with Gasteiger partial charge in [-0.15, -0.1) is 0 Å². The summed E-state index contributed by atoms with van der Waals surface area (Å²) < 4.78 is 5.51. The fraction of sp³-hybridized carbons (Fsp3) is 0.636. The van der Waals surface area contributed by atoms with Crippen LogP contribution in [0.4, 0.5) is 0 Å². The van der Waals surface area contributed by atoms with Crippen LogP contribution in [0.15, 0.2) is 24.3 Å². The molecule has 0 radical (unpaired) electrons. The van der Waals surface area contributed by atoms with E-state index >= 15 is 0 Å². The first kappa shape index (κ1) is 20.5. The number of carboxylic acid groups (broad SMARTS) is 1. The average molecular weight is 360 g/mol. The van der Waals surface area contributed by atoms with Crippen LogP contribution in [-0.4, -0.2) is 17.0 Å². The molecule has 1 fully saturated rings. The van der Waals surface area contributed by atoms with Crippen LogP contribution < -0.4 is 4.74 Å². The van der Waals surface area contributed by atoms with Crippen molar-refractivity contribution in [2.24, 2.45) is 17.8 Å². The highest BCUT2D eigenvalue weighted by molar-refractivity contribution is 5.82. The lowest BCUT2D eigenvalue weighted by atomic mass is 9.72. The zero-order valence-electron chi connectivity index (χ0n) is 16.1. The topological polar surface area (TPSA) is 63.6 Å². The molecule has 3 atom stereocenters. The van der Waals surface area contributed by atoms with Crippen molar-refractivity contribution < 1.29 is 19.4 Å². The molecule has 4 heteroatoms. The van der Waals surface area contributed by atoms with Crippen molar-refractivity contribution in [1.29, 1.82) is 0 Å². The van der Waals surface area contributed by atoms with Gasteiger partial charge in [-0.3, -0.25) is 9.59 Å². The predicted molar refractivity (Wildman–Crippen MR) is 102 cm³/mol. The van der Waals surface area contributed by atoms with Gasteiger partial charge in [-0.1, -0.05) is 51.7 Å². The molecule has 1 aromatic rings. The van der Waals surface area contributed by atoms with Crippen molar-refractivity contribution in [3.8, 4) is 5.75 Å². The predicted octanol–water partition coefficient (Wildman–Crippen LogP) is 5.24. The third kappa shape index (κ3) is 5.86. The van der Waals surface area contributed by atoms with Gasteiger partial charge < -0.3 is 9.84 Å². The van der Waals surface area contributed by atoms with E-state index in [1.54, 1.807) is 0 Å². The summed E-state index contributed by atoms with van der Waals surface area (Å²) >= 11 is 0. The highest BCUT2D eigenvalue weighted by Crippen LogP contribution is 2.37. The fourth-order valence-electron chi connectivity index (χ4n) is 3.98. The minimum absolute atomic E-state index is 0.397. The van der Waals surface area contributed by atoms with Gasteiger partial charge in [0, 0.05) is 0 Å². The molecule has 0 amide bonds. The van der Waals surface area contributed by atoms with Gasteiger partial charge in [0.05, 0.1) is 11.8 Å². The zero-order valence-corrected chi connectivity index (χ0v) is 16.1. The van der Waals surface area contributed by atoms with Crippen LogP contribution in [0.2, 0.25) is 0 Å². The first-order chi connectivity index (χ1) is 12.5. The molecule has 0 spiro atoms. The van der Waals surface area contributed by atoms with Gasteiger partial charge in [0.15, 0.2) is 0 Å². The first-order valence-electron chi connectivity index (χ1n) is 10.1. The smallest absolute Gasteiger partial charge is 0.315 e. The summed E-state index contributed by atoms with van der Waals surface area (Å²) in [5.41, 5.74) is 1.24. The number of aryl methyl sites for hydroxylation is 1. The highest BCUT2D eigenvalue weighted by atomic mass is 16.5. The van der Waals surface area contributed by atoms with E-state index in [2.05, 4.69) is 13.8 Å². The molecule has 1 aliphatic rings. The quantitative estimate of drug-likeness (QED) is 0.371. The van der Waals surface area contributed by atoms with Gasteiger partial charge in [-0.2, -0.15) is 0 Å². The Morgan fingerprint density at radius 1 is 1.04 bits per heavy atom. The molecule has 1 saturated carbocycles. The Morgan fingerprint density at radius 3 is 2.38 bits per heavy atom. The molecule has 0 aliphatic heterocycles. The third-order valence-electron chi connectivity index (χ3n) is 5.49. The first-order valence-corrected chi connectivity index (χ1v) is 10.1. The van der Waals surface area contributed by atoms with Gasteiger partial charge in [0.2, 0.25) is 0 Å². The number of hydrogen-bond donors (Lipinski definition) is 1. The standard InChI is InChI=1S/C22H32O4/c1-3-5-6-8-16-9-12-18(13-10-16)26-22(25)19-14-11-17(7-4-2)15-20(19)21(23)24/h9-10,12-13,17,19-20H,3-8,11,14-15H2,1-2H3,(H,23,24)/t17?,19-,20-/m1/s1. The molecule has 144 valence electrons. The van der Waals surface area contributed by atoms with Crippen molar-refractivity contribution in [1.82, 2.24) is 0 Å². The molecule has 0 saturated heterocycles. The molecule has 1 N–H and O–H groups in total. The monoisotopic (exact) mass is 360 g/mol. The Balaban J connectivity index is 1.94. The molecule has 26 heavy (non-hydrogen) atoms. The number of carboxylic acids is 1. The summed E-state index contributed by atoms with van der Waals surface area (Å²) in [6, 6.07) is 7.62. The molecular weight excluding hydrogens is 328 g/mol. The van der Waals surface area contributed by atoms with Crippen molar-refractivity contribution in [2.75, 3.05) is 0 Å². The van der Waals surface area contributed by atoms with E-state index in [-0.39, 0.29) is 0 Å². The number of benzene rings is 1. The van der Waals surface area contributed by atoms with E-state index in [1.807, 2.05) is 24.3 Å². The van der Waals surface area contributed by atoms with Crippen LogP contribution in [0.5, 0.6) is 5.75 Å². The van der Waals surface area contributed by atoms with E-state index in [1.165, 1.54) is 18.4 Å². The zero-order chi connectivity index (χ0) is 18.9. The molecule has 0 bridgehead atoms. The molecule has 1 unspecified atom stereocenters. The van der Waals surface area contributed by atoms with Crippen molar-refractivity contribution in [2.45, 2.75) is 71.6 Å². The number of rotatable bonds is 9. The van der Waals surface area contributed by atoms with Gasteiger partial charge >= 0.3 is 11.9 Å². The summed E-state index contributed by atoms with van der Waals surface area (Å²) in [4.78, 5) is 24.2. The Bertz CT molecular complexity index is 578. The summed E-state index contributed by atoms with van der Waals surface area (Å²) in [5, 5.41) is 9.54. The number of esters is 1. The second-order valence-electron chi connectivity index (χ2n) is 7.54. The van der Waals surface area contributed by atoms with Crippen molar-refractivity contribution in [3.05, 3.63) is 29.8 Å². The molecule has 0 heterocycles. The second-order valence-corrected chi connectivity index (χ2v) is 7.54. The lowest BCUT2D eigenvalue weighted by Gasteiger charge is -2.32. The van der Waals surface area contributed by atoms with E-state index in [0.29, 0.717) is 24.5 Å². The Morgan fingerprint density at radius 2 is 1.77 bits per heavy atom. The van der Waals surface area contributed by atoms with Crippen molar-refractivity contribution in [3.63, 3.8) is 0 Å². The number of ether oxygens (including phenoxy) is 1. The minimum atomic E-state index is -0.876. The van der Waals surface area contributed by atoms with Crippen LogP contribution in [-0.2, 0) is 16.0 Å². The fourth-order valence-corrected chi connectivity index (χ4v) is 3.98. The Kier molecular flexibility index (Phi) is 8.14. The van der Waals surface area contributed by atoms with Crippen molar-refractivity contribution >= 4 is 11.9 Å². The molecule has 1 aliphatic carbocycles. The largest absolute Gasteiger partial charge is 0.481 e. The molecular formula is C22H32O4. The minimum Gasteiger partial charge on any atom is -0.481 e. The van der Waals surface area contributed by atoms with Gasteiger partial charge in [0.1, 0.15) is 5.75 Å². The normalized spacial score (nSPS) is 22.8. The van der Waals surface area contributed by atoms with Crippen LogP contribution in [0.1, 0.15) is 70.8 Å². The Hall–Kier alpha value is -1.84. The second kappa shape index (κ2) is 10.3. The summed E-state index contributed by atoms with van der Waals surface area (Å²) in [7, 11) is 0. The number of carbonyl (C=O) groups is 2. The maximum Gasteiger partial charge on any atom is 0.315 e. The van der Waals surface area contributed by atoms with Gasteiger partial charge in [-0.05, 0) is 55.7 Å². The molecule has 4 nitrogen and oxygen atoms in total. The van der Waals surface area contributed by atoms with Crippen LogP contribution in [0, 0.1) is 17.8 Å². The summed E-state index contributed by atoms with van der Waals surface area (Å²) in [6.45, 7) is 4.30. The lowest BCUT2D eigenvalue weighted by Crippen LogP contribution is -2.37. The number of unbranched alkanes of at least 4 members (excludes halogenated alkanes) is 2. The maximum absolute atomic E-state index is 12.6. The van der Waals surface area contributed by atoms with E-state index in [4.69, 9.17) is 4.74 Å². The van der Waals surface area contributed by atoms with Gasteiger partial charge in [-0.25, -0.2) is 0 Å². The third-order valence-corrected chi connectivity index (χ3v) is 5.49. The van der Waals surface area contributed by atoms with E-state index in [0.717, 1.165) is 32.1 Å². The molecule has 0 aromatic heterocycles. The molecule has 2 rings (SSSR count). The average Bonchev–Trinajstić information content (AvgIpc) is 2.63. The van der Waals surface area contributed by atoms with Crippen LogP contribution in [0.3, 0.4) is 0 Å². The summed E-state index contributed by atoms with van der Waals surface area (Å²) in [5.74, 6) is -1.52. The van der Waals surface area contributed by atoms with E-state index < -0.39 is 23.8 Å². The van der Waals surface area contributed by atoms with Crippen LogP contribution >= 0.6 is 0 Å². The highest BCUT2D eigenvalue weighted by Gasteiger charge is 2.40. The van der Waals surface area contributed by atoms with Gasteiger partial charge in [0.25, 0.3) is 0 Å². The number of hydrogen-bond acceptors (Lipinski definition) is 3.